The predicted octanol–water partition coefficient (Wildman–Crippen LogP) is 5.76. The third-order valence-corrected chi connectivity index (χ3v) is 17.7. The molecule has 2 bridgehead atoms. The van der Waals surface area contributed by atoms with Crippen LogP contribution in [0, 0.1) is 24.0 Å². The van der Waals surface area contributed by atoms with Crippen LogP contribution < -0.4 is 30.6 Å². The van der Waals surface area contributed by atoms with Crippen LogP contribution in [0.4, 0.5) is 23.8 Å². The number of carbonyl (C=O) groups is 3. The van der Waals surface area contributed by atoms with Crippen molar-refractivity contribution in [3.63, 3.8) is 0 Å². The third-order valence-electron chi connectivity index (χ3n) is 17.7. The molecule has 4 saturated heterocycles. The van der Waals surface area contributed by atoms with Crippen molar-refractivity contribution >= 4 is 56.3 Å². The Balaban J connectivity index is 0.776. The van der Waals surface area contributed by atoms with E-state index in [9.17, 15) is 38.9 Å². The van der Waals surface area contributed by atoms with E-state index in [1.807, 2.05) is 4.90 Å². The Kier molecular flexibility index (Phi) is 13.5. The Labute approximate surface area is 477 Å². The number of fused-ring (bicyclic) bond motifs is 10. The highest BCUT2D eigenvalue weighted by Crippen LogP contribution is 2.45. The van der Waals surface area contributed by atoms with Crippen LogP contribution in [0.3, 0.4) is 0 Å². The third kappa shape index (κ3) is 8.87. The number of cyclic esters (lactones) is 1. The fourth-order valence-electron chi connectivity index (χ4n) is 13.6. The van der Waals surface area contributed by atoms with Crippen LogP contribution >= 0.6 is 0 Å². The summed E-state index contributed by atoms with van der Waals surface area (Å²) in [6.07, 6.45) is 9.25. The molecular formula is C61H57F3N10O10. The minimum atomic E-state index is -2.04. The summed E-state index contributed by atoms with van der Waals surface area (Å²) >= 11 is 0. The molecule has 4 aromatic heterocycles. The second kappa shape index (κ2) is 20.8. The standard InChI is InChI=1S/C61H57F3N10O10/c1-4-38-46(63)11-7-32-17-36(76)18-40(49(32)38)52-50(64)53-42(23-66-52)54(70-59(69-53)84-30-60-13-6-15-72(60)24-33(62)21-60)71-25-34-8-9-35(26-71)74(34)55(77)31(3)28-82-37-10-12-47-39(19-37)41(22-67-58(80)65-14-16-75)43-27-73-48(51(43)68-47)20-45-44(56(73)78)29-83-57(79)61(45,81)5-2/h1,7,10-12,17-20,23,33-35,75-76,81H,3,5-6,8-9,13-16,21-22,24-30H2,2H3,(H2,65,67,80). The van der Waals surface area contributed by atoms with Gasteiger partial charge in [0.05, 0.1) is 64.2 Å². The fraction of sp³-hybridized carbons (Fsp3) is 0.377. The Morgan fingerprint density at radius 1 is 0.988 bits per heavy atom. The van der Waals surface area contributed by atoms with Gasteiger partial charge in [0.2, 0.25) is 0 Å². The average Bonchev–Trinajstić information content (AvgIpc) is 1.73. The molecule has 0 spiro atoms. The maximum atomic E-state index is 17.5. The lowest BCUT2D eigenvalue weighted by Gasteiger charge is -2.42. The first-order valence-corrected chi connectivity index (χ1v) is 27.9. The number of anilines is 1. The molecule has 23 heteroatoms. The number of urea groups is 1. The van der Waals surface area contributed by atoms with Crippen LogP contribution in [0.1, 0.15) is 73.3 Å². The van der Waals surface area contributed by atoms with E-state index in [1.54, 1.807) is 36.1 Å². The number of aromatic hydroxyl groups is 1. The van der Waals surface area contributed by atoms with Crippen molar-refractivity contribution < 1.29 is 57.1 Å². The molecule has 5 atom stereocenters. The van der Waals surface area contributed by atoms with Crippen molar-refractivity contribution in [1.29, 1.82) is 0 Å². The number of aliphatic hydroxyl groups is 2. The summed E-state index contributed by atoms with van der Waals surface area (Å²) in [5.41, 5.74) is -0.621. The van der Waals surface area contributed by atoms with Gasteiger partial charge in [0, 0.05) is 78.4 Å². The second-order valence-electron chi connectivity index (χ2n) is 22.5. The van der Waals surface area contributed by atoms with E-state index in [0.717, 1.165) is 13.0 Å². The van der Waals surface area contributed by atoms with Gasteiger partial charge in [-0.15, -0.1) is 6.42 Å². The van der Waals surface area contributed by atoms with Gasteiger partial charge in [-0.3, -0.25) is 19.5 Å². The summed E-state index contributed by atoms with van der Waals surface area (Å²) in [5, 5.41) is 38.3. The van der Waals surface area contributed by atoms with Crippen LogP contribution in [0.5, 0.6) is 17.5 Å². The molecule has 0 aliphatic carbocycles. The lowest BCUT2D eigenvalue weighted by Crippen LogP contribution is -2.56. The van der Waals surface area contributed by atoms with Gasteiger partial charge >= 0.3 is 18.0 Å². The number of amides is 3. The fourth-order valence-corrected chi connectivity index (χ4v) is 13.6. The van der Waals surface area contributed by atoms with E-state index >= 15 is 8.78 Å². The van der Waals surface area contributed by atoms with Crippen molar-refractivity contribution in [2.45, 2.75) is 94.5 Å². The lowest BCUT2D eigenvalue weighted by molar-refractivity contribution is -0.172. The number of carbonyl (C=O) groups excluding carboxylic acids is 3. The summed E-state index contributed by atoms with van der Waals surface area (Å²) in [6, 6.07) is 10.6. The highest BCUT2D eigenvalue weighted by atomic mass is 19.1. The molecule has 20 nitrogen and oxygen atoms in total. The normalized spacial score (nSPS) is 22.2. The molecular weight excluding hydrogens is 1090 g/mol. The molecule has 5 N–H and O–H groups in total. The van der Waals surface area contributed by atoms with Crippen molar-refractivity contribution in [2.75, 3.05) is 57.4 Å². The minimum absolute atomic E-state index is 0.00810. The van der Waals surface area contributed by atoms with E-state index < -0.39 is 46.5 Å². The number of rotatable bonds is 14. The number of ether oxygens (including phenoxy) is 3. The number of nitrogens with zero attached hydrogens (tertiary/aromatic N) is 8. The minimum Gasteiger partial charge on any atom is -0.508 e. The smallest absolute Gasteiger partial charge is 0.343 e. The highest BCUT2D eigenvalue weighted by molar-refractivity contribution is 6.03. The Hall–Kier alpha value is -8.85. The zero-order valence-corrected chi connectivity index (χ0v) is 45.6. The van der Waals surface area contributed by atoms with Gasteiger partial charge in [0.15, 0.2) is 11.4 Å². The SMILES string of the molecule is C#Cc1c(F)ccc2cc(O)cc(-c3ncc4c(N5CC6CCC(C5)N6C(=O)C(=C)COc5ccc6nc7c(c(CNC(=O)NCCO)c6c5)Cn5c-7cc6c(c5=O)COC(=O)C6(O)CC)nc(OCC56CCCN5CC(F)C6)nc4c3F)c12. The van der Waals surface area contributed by atoms with Crippen LogP contribution in [0.2, 0.25) is 0 Å². The number of phenolic OH excluding ortho intramolecular Hbond substituents is 1. The summed E-state index contributed by atoms with van der Waals surface area (Å²) in [7, 11) is 0. The largest absolute Gasteiger partial charge is 0.508 e. The number of hydrogen-bond donors (Lipinski definition) is 5. The number of terminal acetylenes is 1. The number of pyridine rings is 3. The molecule has 3 aromatic carbocycles. The van der Waals surface area contributed by atoms with Gasteiger partial charge in [-0.2, -0.15) is 9.97 Å². The van der Waals surface area contributed by atoms with Crippen LogP contribution in [-0.4, -0.2) is 144 Å². The maximum absolute atomic E-state index is 17.5. The summed E-state index contributed by atoms with van der Waals surface area (Å²) < 4.78 is 67.0. The molecule has 5 unspecified atom stereocenters. The van der Waals surface area contributed by atoms with E-state index in [2.05, 4.69) is 38.0 Å². The molecule has 4 fully saturated rings. The quantitative estimate of drug-likeness (QED) is 0.0493. The van der Waals surface area contributed by atoms with E-state index in [0.29, 0.717) is 69.6 Å². The molecule has 6 aliphatic heterocycles. The molecule has 13 rings (SSSR count). The number of benzene rings is 3. The molecule has 10 heterocycles. The Bertz CT molecular complexity index is 4090. The molecule has 84 heavy (non-hydrogen) atoms. The van der Waals surface area contributed by atoms with Gasteiger partial charge in [0.1, 0.15) is 60.3 Å². The van der Waals surface area contributed by atoms with Gasteiger partial charge in [0.25, 0.3) is 11.5 Å². The zero-order valence-electron chi connectivity index (χ0n) is 45.6. The molecule has 0 saturated carbocycles. The second-order valence-corrected chi connectivity index (χ2v) is 22.5. The maximum Gasteiger partial charge on any atom is 0.343 e. The number of aliphatic hydroxyl groups excluding tert-OH is 1. The number of alkyl halides is 1. The predicted molar refractivity (Wildman–Crippen MR) is 301 cm³/mol. The zero-order chi connectivity index (χ0) is 58.5. The Morgan fingerprint density at radius 2 is 1.80 bits per heavy atom. The molecule has 7 aromatic rings. The first-order valence-electron chi connectivity index (χ1n) is 27.9. The van der Waals surface area contributed by atoms with Crippen molar-refractivity contribution in [3.05, 3.63) is 117 Å². The summed E-state index contributed by atoms with van der Waals surface area (Å²) in [4.78, 5) is 79.2. The van der Waals surface area contributed by atoms with Crippen molar-refractivity contribution in [2.24, 2.45) is 0 Å². The average molecular weight is 1150 g/mol. The lowest BCUT2D eigenvalue weighted by atomic mass is 9.86. The van der Waals surface area contributed by atoms with Crippen LogP contribution in [0.15, 0.2) is 71.7 Å². The number of phenols is 1. The highest BCUT2D eigenvalue weighted by Gasteiger charge is 2.50. The van der Waals surface area contributed by atoms with Gasteiger partial charge in [-0.25, -0.2) is 27.7 Å². The first kappa shape index (κ1) is 54.4. The van der Waals surface area contributed by atoms with E-state index in [4.69, 9.17) is 30.6 Å². The summed E-state index contributed by atoms with van der Waals surface area (Å²) in [5.74, 6) is -0.00405. The number of halogens is 3. The number of hydrogen-bond acceptors (Lipinski definition) is 16. The molecule has 432 valence electrons. The van der Waals surface area contributed by atoms with E-state index in [1.165, 1.54) is 35.0 Å². The van der Waals surface area contributed by atoms with Crippen molar-refractivity contribution in [3.8, 4) is 52.5 Å². The molecule has 0 radical (unpaired) electrons. The van der Waals surface area contributed by atoms with Crippen LogP contribution in [-0.2, 0) is 39.6 Å². The monoisotopic (exact) mass is 1150 g/mol. The Morgan fingerprint density at radius 3 is 2.57 bits per heavy atom. The number of piperazine rings is 1. The van der Waals surface area contributed by atoms with Crippen molar-refractivity contribution in [1.82, 2.24) is 44.9 Å². The summed E-state index contributed by atoms with van der Waals surface area (Å²) in [6.45, 7) is 6.63. The van der Waals surface area contributed by atoms with Gasteiger partial charge in [-0.05, 0) is 92.1 Å². The van der Waals surface area contributed by atoms with Gasteiger partial charge < -0.3 is 54.5 Å². The molecule has 6 aliphatic rings. The number of nitrogens with one attached hydrogen (secondary N) is 2. The molecule has 3 amide bonds. The van der Waals surface area contributed by atoms with E-state index in [-0.39, 0.29) is 158 Å². The topological polar surface area (TPSA) is 247 Å². The first-order chi connectivity index (χ1) is 40.5. The van der Waals surface area contributed by atoms with Crippen LogP contribution in [0.25, 0.3) is 55.2 Å². The number of aromatic nitrogens is 5. The number of esters is 1. The van der Waals surface area contributed by atoms with Gasteiger partial charge in [-0.1, -0.05) is 25.5 Å².